The number of rotatable bonds is 4. The molecule has 25 heavy (non-hydrogen) atoms. The van der Waals surface area contributed by atoms with E-state index in [0.717, 1.165) is 17.1 Å². The van der Waals surface area contributed by atoms with E-state index < -0.39 is 11.7 Å². The van der Waals surface area contributed by atoms with E-state index in [1.165, 1.54) is 18.5 Å². The summed E-state index contributed by atoms with van der Waals surface area (Å²) >= 11 is 0. The van der Waals surface area contributed by atoms with E-state index in [0.29, 0.717) is 0 Å². The first-order valence-corrected chi connectivity index (χ1v) is 7.84. The lowest BCUT2D eigenvalue weighted by Gasteiger charge is -2.26. The molecule has 1 unspecified atom stereocenters. The van der Waals surface area contributed by atoms with Gasteiger partial charge in [0, 0.05) is 12.1 Å². The van der Waals surface area contributed by atoms with Gasteiger partial charge >= 0.3 is 6.18 Å². The lowest BCUT2D eigenvalue weighted by molar-refractivity contribution is -0.137. The zero-order chi connectivity index (χ0) is 18.8. The van der Waals surface area contributed by atoms with Crippen LogP contribution in [0.3, 0.4) is 0 Å². The maximum atomic E-state index is 13.3. The third-order valence-corrected chi connectivity index (χ3v) is 4.22. The number of anilines is 1. The molecule has 1 atom stereocenters. The Kier molecular flexibility index (Phi) is 5.20. The molecule has 1 heterocycles. The zero-order valence-corrected chi connectivity index (χ0v) is 14.6. The monoisotopic (exact) mass is 354 g/mol. The number of carbonyl (C=O) groups is 1. The molecular weight excluding hydrogens is 333 g/mol. The van der Waals surface area contributed by atoms with Gasteiger partial charge in [0.15, 0.2) is 0 Å². The maximum Gasteiger partial charge on any atom is 0.418 e. The first-order chi connectivity index (χ1) is 11.5. The number of amides is 1. The largest absolute Gasteiger partial charge is 0.418 e. The van der Waals surface area contributed by atoms with Crippen LogP contribution >= 0.6 is 0 Å². The molecule has 0 aliphatic carbocycles. The number of hydrogen-bond acceptors (Lipinski definition) is 3. The lowest BCUT2D eigenvalue weighted by Crippen LogP contribution is -2.24. The van der Waals surface area contributed by atoms with Gasteiger partial charge in [-0.2, -0.15) is 18.3 Å². The Balaban J connectivity index is 2.25. The SMILES string of the molecule is CC(CC(=O)Nc1ccc(-n2cncn2)c(C(F)(F)F)c1)C(C)(C)C. The minimum Gasteiger partial charge on any atom is -0.326 e. The van der Waals surface area contributed by atoms with Gasteiger partial charge in [-0.3, -0.25) is 4.79 Å². The van der Waals surface area contributed by atoms with Crippen molar-refractivity contribution in [3.05, 3.63) is 36.4 Å². The van der Waals surface area contributed by atoms with Crippen molar-refractivity contribution in [3.8, 4) is 5.69 Å². The van der Waals surface area contributed by atoms with Crippen LogP contribution in [0.5, 0.6) is 0 Å². The number of carbonyl (C=O) groups excluding carboxylic acids is 1. The highest BCUT2D eigenvalue weighted by molar-refractivity contribution is 5.91. The van der Waals surface area contributed by atoms with Crippen molar-refractivity contribution in [2.24, 2.45) is 11.3 Å². The number of nitrogens with one attached hydrogen (secondary N) is 1. The molecule has 1 amide bonds. The van der Waals surface area contributed by atoms with Crippen molar-refractivity contribution in [3.63, 3.8) is 0 Å². The third kappa shape index (κ3) is 4.80. The molecule has 0 fully saturated rings. The van der Waals surface area contributed by atoms with Crippen molar-refractivity contribution in [2.45, 2.75) is 40.3 Å². The predicted octanol–water partition coefficient (Wildman–Crippen LogP) is 4.30. The molecule has 5 nitrogen and oxygen atoms in total. The minimum absolute atomic E-state index is 0.0641. The van der Waals surface area contributed by atoms with Crippen LogP contribution in [-0.4, -0.2) is 20.7 Å². The molecule has 0 aliphatic rings. The van der Waals surface area contributed by atoms with Crippen molar-refractivity contribution >= 4 is 11.6 Å². The van der Waals surface area contributed by atoms with Crippen LogP contribution < -0.4 is 5.32 Å². The molecule has 0 aliphatic heterocycles. The van der Waals surface area contributed by atoms with Crippen LogP contribution in [-0.2, 0) is 11.0 Å². The van der Waals surface area contributed by atoms with E-state index in [-0.39, 0.29) is 35.0 Å². The fourth-order valence-corrected chi connectivity index (χ4v) is 2.17. The zero-order valence-electron chi connectivity index (χ0n) is 14.6. The van der Waals surface area contributed by atoms with E-state index in [2.05, 4.69) is 15.4 Å². The predicted molar refractivity (Wildman–Crippen MR) is 88.2 cm³/mol. The van der Waals surface area contributed by atoms with Crippen molar-refractivity contribution in [1.29, 1.82) is 0 Å². The summed E-state index contributed by atoms with van der Waals surface area (Å²) in [6.07, 6.45) is -2.01. The van der Waals surface area contributed by atoms with Crippen LogP contribution in [0.15, 0.2) is 30.9 Å². The number of nitrogens with zero attached hydrogens (tertiary/aromatic N) is 3. The highest BCUT2D eigenvalue weighted by Crippen LogP contribution is 2.35. The molecule has 2 rings (SSSR count). The molecule has 1 aromatic heterocycles. The van der Waals surface area contributed by atoms with Crippen LogP contribution in [0.1, 0.15) is 39.7 Å². The van der Waals surface area contributed by atoms with E-state index in [1.807, 2.05) is 27.7 Å². The lowest BCUT2D eigenvalue weighted by atomic mass is 9.80. The molecule has 0 radical (unpaired) electrons. The summed E-state index contributed by atoms with van der Waals surface area (Å²) in [4.78, 5) is 15.8. The second-order valence-corrected chi connectivity index (χ2v) is 7.09. The molecule has 0 saturated carbocycles. The van der Waals surface area contributed by atoms with Crippen molar-refractivity contribution in [1.82, 2.24) is 14.8 Å². The first kappa shape index (κ1) is 19.0. The number of aromatic nitrogens is 3. The Morgan fingerprint density at radius 3 is 2.48 bits per heavy atom. The molecule has 1 N–H and O–H groups in total. The van der Waals surface area contributed by atoms with Crippen LogP contribution in [0, 0.1) is 11.3 Å². The topological polar surface area (TPSA) is 59.8 Å². The van der Waals surface area contributed by atoms with Gasteiger partial charge in [-0.25, -0.2) is 9.67 Å². The quantitative estimate of drug-likeness (QED) is 0.891. The Morgan fingerprint density at radius 2 is 1.96 bits per heavy atom. The molecular formula is C17H21F3N4O. The third-order valence-electron chi connectivity index (χ3n) is 4.22. The normalized spacial score (nSPS) is 13.6. The number of halogens is 3. The summed E-state index contributed by atoms with van der Waals surface area (Å²) in [7, 11) is 0. The van der Waals surface area contributed by atoms with Crippen LogP contribution in [0.25, 0.3) is 5.69 Å². The maximum absolute atomic E-state index is 13.3. The second-order valence-electron chi connectivity index (χ2n) is 7.09. The Labute approximate surface area is 144 Å². The van der Waals surface area contributed by atoms with E-state index in [1.54, 1.807) is 0 Å². The fraction of sp³-hybridized carbons (Fsp3) is 0.471. The molecule has 0 bridgehead atoms. The minimum atomic E-state index is -4.58. The highest BCUT2D eigenvalue weighted by atomic mass is 19.4. The van der Waals surface area contributed by atoms with E-state index >= 15 is 0 Å². The fourth-order valence-electron chi connectivity index (χ4n) is 2.17. The average Bonchev–Trinajstić information content (AvgIpc) is 2.99. The number of alkyl halides is 3. The molecule has 1 aromatic carbocycles. The van der Waals surface area contributed by atoms with Gasteiger partial charge in [0.1, 0.15) is 12.7 Å². The summed E-state index contributed by atoms with van der Waals surface area (Å²) in [6, 6.07) is 3.60. The molecule has 0 saturated heterocycles. The summed E-state index contributed by atoms with van der Waals surface area (Å²) in [6.45, 7) is 7.98. The van der Waals surface area contributed by atoms with Gasteiger partial charge < -0.3 is 5.32 Å². The molecule has 0 spiro atoms. The number of hydrogen-bond donors (Lipinski definition) is 1. The Hall–Kier alpha value is -2.38. The van der Waals surface area contributed by atoms with Crippen LogP contribution in [0.2, 0.25) is 0 Å². The van der Waals surface area contributed by atoms with Gasteiger partial charge in [0.2, 0.25) is 5.91 Å². The van der Waals surface area contributed by atoms with Gasteiger partial charge in [0.05, 0.1) is 11.3 Å². The highest BCUT2D eigenvalue weighted by Gasteiger charge is 2.35. The van der Waals surface area contributed by atoms with E-state index in [9.17, 15) is 18.0 Å². The molecule has 136 valence electrons. The standard InChI is InChI=1S/C17H21F3N4O/c1-11(16(2,3)4)7-15(25)23-12-5-6-14(24-10-21-9-22-24)13(8-12)17(18,19)20/h5-6,8-11H,7H2,1-4H3,(H,23,25). The smallest absolute Gasteiger partial charge is 0.326 e. The van der Waals surface area contributed by atoms with Gasteiger partial charge in [-0.05, 0) is 29.5 Å². The average molecular weight is 354 g/mol. The summed E-state index contributed by atoms with van der Waals surface area (Å²) < 4.78 is 41.1. The summed E-state index contributed by atoms with van der Waals surface area (Å²) in [5.41, 5.74) is -1.00. The van der Waals surface area contributed by atoms with Gasteiger partial charge in [0.25, 0.3) is 0 Å². The van der Waals surface area contributed by atoms with Crippen molar-refractivity contribution < 1.29 is 18.0 Å². The Morgan fingerprint density at radius 1 is 1.28 bits per heavy atom. The Bertz CT molecular complexity index is 733. The second kappa shape index (κ2) is 6.85. The number of benzene rings is 1. The first-order valence-electron chi connectivity index (χ1n) is 7.84. The molecule has 8 heteroatoms. The van der Waals surface area contributed by atoms with Gasteiger partial charge in [-0.1, -0.05) is 27.7 Å². The molecule has 2 aromatic rings. The van der Waals surface area contributed by atoms with Gasteiger partial charge in [-0.15, -0.1) is 0 Å². The summed E-state index contributed by atoms with van der Waals surface area (Å²) in [5.74, 6) is -0.229. The summed E-state index contributed by atoms with van der Waals surface area (Å²) in [5, 5.41) is 6.28. The van der Waals surface area contributed by atoms with E-state index in [4.69, 9.17) is 0 Å². The van der Waals surface area contributed by atoms with Crippen LogP contribution in [0.4, 0.5) is 18.9 Å². The van der Waals surface area contributed by atoms with Crippen molar-refractivity contribution in [2.75, 3.05) is 5.32 Å².